The highest BCUT2D eigenvalue weighted by atomic mass is 35.5. The van der Waals surface area contributed by atoms with Crippen LogP contribution in [0.4, 0.5) is 0 Å². The van der Waals surface area contributed by atoms with E-state index in [0.717, 1.165) is 4.90 Å². The Hall–Kier alpha value is -2.68. The first-order valence-electron chi connectivity index (χ1n) is 10.7. The number of likely N-dealkylation sites (tertiary alicyclic amines) is 1. The second kappa shape index (κ2) is 11.4. The van der Waals surface area contributed by atoms with Crippen molar-refractivity contribution in [1.82, 2.24) is 14.1 Å². The van der Waals surface area contributed by atoms with Gasteiger partial charge in [-0.3, -0.25) is 14.5 Å². The van der Waals surface area contributed by atoms with Crippen LogP contribution < -0.4 is 4.74 Å². The van der Waals surface area contributed by atoms with E-state index in [1.165, 1.54) is 40.7 Å². The van der Waals surface area contributed by atoms with Crippen LogP contribution in [-0.4, -0.2) is 74.6 Å². The average Bonchev–Trinajstić information content (AvgIpc) is 3.10. The molecule has 0 N–H and O–H groups in total. The standard InChI is InChI=1S/C23H24Cl2N4O5S/c1-27(2)7-8-28(9-10-29-22(30)5-6-23(29)31)35(32,33)21-11-16(15-26)3-4-20(21)34-19-13-17(24)12-18(25)14-19/h3-4,11-14H,5-10H2,1-2H3. The third-order valence-corrected chi connectivity index (χ3v) is 7.64. The number of ether oxygens (including phenoxy) is 1. The number of sulfonamides is 1. The third-order valence-electron chi connectivity index (χ3n) is 5.28. The van der Waals surface area contributed by atoms with Crippen molar-refractivity contribution < 1.29 is 22.7 Å². The summed E-state index contributed by atoms with van der Waals surface area (Å²) < 4.78 is 34.6. The van der Waals surface area contributed by atoms with Crippen LogP contribution in [0.1, 0.15) is 18.4 Å². The summed E-state index contributed by atoms with van der Waals surface area (Å²) in [4.78, 5) is 26.7. The van der Waals surface area contributed by atoms with Crippen LogP contribution in [0.3, 0.4) is 0 Å². The molecule has 1 aliphatic rings. The molecular formula is C23H24Cl2N4O5S. The average molecular weight is 539 g/mol. The van der Waals surface area contributed by atoms with Crippen LogP contribution in [0.5, 0.6) is 11.5 Å². The van der Waals surface area contributed by atoms with Crippen molar-refractivity contribution in [3.05, 3.63) is 52.0 Å². The lowest BCUT2D eigenvalue weighted by Gasteiger charge is -2.26. The van der Waals surface area contributed by atoms with Gasteiger partial charge in [-0.2, -0.15) is 9.57 Å². The highest BCUT2D eigenvalue weighted by molar-refractivity contribution is 7.89. The number of halogens is 2. The van der Waals surface area contributed by atoms with Gasteiger partial charge in [-0.05, 0) is 50.5 Å². The summed E-state index contributed by atoms with van der Waals surface area (Å²) in [5.41, 5.74) is 0.123. The van der Waals surface area contributed by atoms with E-state index in [1.807, 2.05) is 11.0 Å². The maximum Gasteiger partial charge on any atom is 0.246 e. The van der Waals surface area contributed by atoms with Gasteiger partial charge in [0.15, 0.2) is 0 Å². The summed E-state index contributed by atoms with van der Waals surface area (Å²) in [5.74, 6) is -0.455. The van der Waals surface area contributed by atoms with Crippen molar-refractivity contribution in [3.63, 3.8) is 0 Å². The van der Waals surface area contributed by atoms with E-state index in [1.54, 1.807) is 14.1 Å². The smallest absolute Gasteiger partial charge is 0.246 e. The van der Waals surface area contributed by atoms with E-state index < -0.39 is 10.0 Å². The number of imide groups is 1. The minimum Gasteiger partial charge on any atom is -0.456 e. The van der Waals surface area contributed by atoms with Gasteiger partial charge in [0, 0.05) is 49.1 Å². The summed E-state index contributed by atoms with van der Waals surface area (Å²) in [7, 11) is -0.616. The monoisotopic (exact) mass is 538 g/mol. The molecule has 0 aliphatic carbocycles. The first kappa shape index (κ1) is 26.9. The number of nitrogens with zero attached hydrogens (tertiary/aromatic N) is 4. The Labute approximate surface area is 214 Å². The van der Waals surface area contributed by atoms with E-state index >= 15 is 0 Å². The minimum absolute atomic E-state index is 0.0227. The summed E-state index contributed by atoms with van der Waals surface area (Å²) in [6.07, 6.45) is 0.237. The molecule has 186 valence electrons. The predicted molar refractivity (Wildman–Crippen MR) is 131 cm³/mol. The van der Waals surface area contributed by atoms with Gasteiger partial charge < -0.3 is 9.64 Å². The van der Waals surface area contributed by atoms with E-state index in [0.29, 0.717) is 16.6 Å². The number of hydrogen-bond donors (Lipinski definition) is 0. The Morgan fingerprint density at radius 2 is 1.63 bits per heavy atom. The Morgan fingerprint density at radius 1 is 1.00 bits per heavy atom. The first-order chi connectivity index (χ1) is 16.5. The fourth-order valence-electron chi connectivity index (χ4n) is 3.46. The number of rotatable bonds is 10. The van der Waals surface area contributed by atoms with E-state index in [-0.39, 0.29) is 66.2 Å². The fraction of sp³-hybridized carbons (Fsp3) is 0.348. The molecule has 12 heteroatoms. The maximum absolute atomic E-state index is 13.8. The van der Waals surface area contributed by atoms with Crippen LogP contribution in [0.15, 0.2) is 41.3 Å². The Balaban J connectivity index is 1.99. The molecule has 9 nitrogen and oxygen atoms in total. The van der Waals surface area contributed by atoms with Crippen molar-refractivity contribution >= 4 is 45.0 Å². The molecule has 0 spiro atoms. The molecule has 1 aliphatic heterocycles. The summed E-state index contributed by atoms with van der Waals surface area (Å²) in [6.45, 7) is 0.305. The molecule has 2 aromatic rings. The Morgan fingerprint density at radius 3 is 2.20 bits per heavy atom. The fourth-order valence-corrected chi connectivity index (χ4v) is 5.53. The second-order valence-electron chi connectivity index (χ2n) is 8.13. The topological polar surface area (TPSA) is 111 Å². The molecule has 1 fully saturated rings. The Bertz CT molecular complexity index is 1240. The molecule has 0 atom stereocenters. The molecule has 2 aromatic carbocycles. The lowest BCUT2D eigenvalue weighted by molar-refractivity contribution is -0.138. The second-order valence-corrected chi connectivity index (χ2v) is 10.9. The van der Waals surface area contributed by atoms with Gasteiger partial charge in [0.1, 0.15) is 16.4 Å². The lowest BCUT2D eigenvalue weighted by Crippen LogP contribution is -2.43. The van der Waals surface area contributed by atoms with Crippen molar-refractivity contribution in [2.45, 2.75) is 17.7 Å². The molecule has 0 radical (unpaired) electrons. The zero-order valence-corrected chi connectivity index (χ0v) is 21.5. The molecule has 2 amide bonds. The van der Waals surface area contributed by atoms with E-state index in [2.05, 4.69) is 0 Å². The number of nitriles is 1. The predicted octanol–water partition coefficient (Wildman–Crippen LogP) is 3.36. The first-order valence-corrected chi connectivity index (χ1v) is 12.9. The van der Waals surface area contributed by atoms with Crippen LogP contribution in [-0.2, 0) is 19.6 Å². The van der Waals surface area contributed by atoms with Gasteiger partial charge >= 0.3 is 0 Å². The summed E-state index contributed by atoms with van der Waals surface area (Å²) in [6, 6.07) is 10.5. The SMILES string of the molecule is CN(C)CCN(CCN1C(=O)CCC1=O)S(=O)(=O)c1cc(C#N)ccc1Oc1cc(Cl)cc(Cl)c1. The number of benzene rings is 2. The highest BCUT2D eigenvalue weighted by Crippen LogP contribution is 2.34. The van der Waals surface area contributed by atoms with Crippen LogP contribution >= 0.6 is 23.2 Å². The zero-order valence-electron chi connectivity index (χ0n) is 19.2. The summed E-state index contributed by atoms with van der Waals surface area (Å²) >= 11 is 12.1. The number of carbonyl (C=O) groups is 2. The van der Waals surface area contributed by atoms with Crippen molar-refractivity contribution in [2.75, 3.05) is 40.3 Å². The largest absolute Gasteiger partial charge is 0.456 e. The molecule has 0 unspecified atom stereocenters. The molecule has 1 heterocycles. The van der Waals surface area contributed by atoms with Gasteiger partial charge in [0.2, 0.25) is 21.8 Å². The van der Waals surface area contributed by atoms with E-state index in [4.69, 9.17) is 27.9 Å². The molecule has 3 rings (SSSR count). The molecule has 0 saturated carbocycles. The molecule has 35 heavy (non-hydrogen) atoms. The van der Waals surface area contributed by atoms with Crippen LogP contribution in [0, 0.1) is 11.3 Å². The van der Waals surface area contributed by atoms with Crippen LogP contribution in [0.25, 0.3) is 0 Å². The van der Waals surface area contributed by atoms with Crippen molar-refractivity contribution in [2.24, 2.45) is 0 Å². The molecular weight excluding hydrogens is 515 g/mol. The van der Waals surface area contributed by atoms with Gasteiger partial charge in [-0.1, -0.05) is 23.2 Å². The van der Waals surface area contributed by atoms with Crippen LogP contribution in [0.2, 0.25) is 10.0 Å². The van der Waals surface area contributed by atoms with Crippen molar-refractivity contribution in [1.29, 1.82) is 5.26 Å². The Kier molecular flexibility index (Phi) is 8.74. The molecule has 0 aromatic heterocycles. The van der Waals surface area contributed by atoms with Gasteiger partial charge in [-0.25, -0.2) is 8.42 Å². The normalized spacial score (nSPS) is 14.1. The van der Waals surface area contributed by atoms with Gasteiger partial charge in [0.05, 0.1) is 11.6 Å². The number of likely N-dealkylation sites (N-methyl/N-ethyl adjacent to an activating group) is 1. The van der Waals surface area contributed by atoms with Crippen molar-refractivity contribution in [3.8, 4) is 17.6 Å². The lowest BCUT2D eigenvalue weighted by atomic mass is 10.2. The van der Waals surface area contributed by atoms with E-state index in [9.17, 15) is 23.3 Å². The number of amides is 2. The molecule has 1 saturated heterocycles. The number of carbonyl (C=O) groups excluding carboxylic acids is 2. The maximum atomic E-state index is 13.8. The summed E-state index contributed by atoms with van der Waals surface area (Å²) in [5, 5.41) is 9.99. The highest BCUT2D eigenvalue weighted by Gasteiger charge is 2.33. The third kappa shape index (κ3) is 6.72. The quantitative estimate of drug-likeness (QED) is 0.426. The van der Waals surface area contributed by atoms with Gasteiger partial charge in [-0.15, -0.1) is 0 Å². The number of hydrogen-bond acceptors (Lipinski definition) is 7. The van der Waals surface area contributed by atoms with Gasteiger partial charge in [0.25, 0.3) is 0 Å². The minimum atomic E-state index is -4.21. The molecule has 0 bridgehead atoms. The zero-order chi connectivity index (χ0) is 25.8.